The van der Waals surface area contributed by atoms with Gasteiger partial charge in [0.25, 0.3) is 0 Å². The molecule has 0 fully saturated rings. The third kappa shape index (κ3) is 5.77. The lowest BCUT2D eigenvalue weighted by Gasteiger charge is -2.30. The number of quaternary nitrogens is 1. The third-order valence-electron chi connectivity index (χ3n) is 6.31. The number of para-hydroxylation sites is 1. The highest BCUT2D eigenvalue weighted by atomic mass is 19.2. The second kappa shape index (κ2) is 12.6. The molecule has 43 heavy (non-hydrogen) atoms. The Bertz CT molecular complexity index is 1460. The molecule has 0 aliphatic heterocycles. The van der Waals surface area contributed by atoms with Crippen molar-refractivity contribution in [2.45, 2.75) is 0 Å². The Hall–Kier alpha value is -4.15. The highest BCUT2D eigenvalue weighted by Gasteiger charge is 2.37. The van der Waals surface area contributed by atoms with Crippen molar-refractivity contribution >= 4 is 28.8 Å². The van der Waals surface area contributed by atoms with Crippen LogP contribution >= 0.6 is 0 Å². The van der Waals surface area contributed by atoms with Gasteiger partial charge in [0.15, 0.2) is 52.4 Å². The lowest BCUT2D eigenvalue weighted by molar-refractivity contribution is -0.786. The Labute approximate surface area is 231 Å². The zero-order valence-corrected chi connectivity index (χ0v) is 21.3. The highest BCUT2D eigenvalue weighted by molar-refractivity contribution is 6.95. The van der Waals surface area contributed by atoms with Crippen molar-refractivity contribution in [2.24, 2.45) is 0 Å². The molecule has 0 radical (unpaired) electrons. The van der Waals surface area contributed by atoms with E-state index in [0.29, 0.717) is 0 Å². The summed E-state index contributed by atoms with van der Waals surface area (Å²) in [4.78, 5) is 1.37. The fourth-order valence-corrected chi connectivity index (χ4v) is 4.18. The standard InChI is InChI=1S/C18HBF15.C8H11N/c20-4-1(5(21)11(27)16(32)10(4)26)19(2-6(22)12(28)17(33)13(29)7(2)23)3-8(24)14(30)18(34)15(31)9(3)25;1-9(2)8-6-4-3-5-7-8/h19H;3-7H,1-2H3/q-1;/p+1. The van der Waals surface area contributed by atoms with Crippen LogP contribution in [0, 0.1) is 87.3 Å². The van der Waals surface area contributed by atoms with Crippen molar-refractivity contribution in [3.63, 3.8) is 0 Å². The van der Waals surface area contributed by atoms with Crippen LogP contribution in [0.4, 0.5) is 71.5 Å². The smallest absolute Gasteiger partial charge is 0.200 e. The summed E-state index contributed by atoms with van der Waals surface area (Å²) in [5.74, 6) is -44.8. The molecule has 0 atom stereocenters. The van der Waals surface area contributed by atoms with Gasteiger partial charge in [-0.3, -0.25) is 0 Å². The second-order valence-corrected chi connectivity index (χ2v) is 9.04. The minimum absolute atomic E-state index is 1.33. The summed E-state index contributed by atoms with van der Waals surface area (Å²) in [5.41, 5.74) is -6.45. The first-order chi connectivity index (χ1) is 20.0. The largest absolute Gasteiger partial charge is 0.307 e. The van der Waals surface area contributed by atoms with Crippen LogP contribution in [0.2, 0.25) is 0 Å². The average Bonchev–Trinajstić information content (AvgIpc) is 2.99. The normalized spacial score (nSPS) is 11.3. The Kier molecular flexibility index (Phi) is 9.78. The van der Waals surface area contributed by atoms with E-state index in [-0.39, 0.29) is 0 Å². The predicted octanol–water partition coefficient (Wildman–Crippen LogP) is 4.48. The second-order valence-electron chi connectivity index (χ2n) is 9.04. The van der Waals surface area contributed by atoms with Crippen LogP contribution in [-0.2, 0) is 0 Å². The number of hydrogen-bond donors (Lipinski definition) is 1. The highest BCUT2D eigenvalue weighted by Crippen LogP contribution is 2.23. The number of halogens is 15. The van der Waals surface area contributed by atoms with Crippen molar-refractivity contribution in [1.82, 2.24) is 0 Å². The van der Waals surface area contributed by atoms with Crippen LogP contribution in [0.3, 0.4) is 0 Å². The zero-order chi connectivity index (χ0) is 32.7. The van der Waals surface area contributed by atoms with Crippen molar-refractivity contribution in [3.05, 3.63) is 118 Å². The van der Waals surface area contributed by atoms with Gasteiger partial charge in [0.2, 0.25) is 0 Å². The molecule has 0 unspecified atom stereocenters. The van der Waals surface area contributed by atoms with Gasteiger partial charge in [-0.1, -0.05) is 18.2 Å². The summed E-state index contributed by atoms with van der Waals surface area (Å²) in [6.07, 6.45) is 0. The molecule has 17 heteroatoms. The fourth-order valence-electron chi connectivity index (χ4n) is 4.18. The van der Waals surface area contributed by atoms with Gasteiger partial charge in [-0.2, -0.15) is 0 Å². The Morgan fingerprint density at radius 3 is 0.744 bits per heavy atom. The molecule has 4 aromatic carbocycles. The van der Waals surface area contributed by atoms with E-state index in [9.17, 15) is 65.9 Å². The molecular formula is C26H13BF15N. The first kappa shape index (κ1) is 33.4. The first-order valence-corrected chi connectivity index (χ1v) is 11.6. The van der Waals surface area contributed by atoms with Gasteiger partial charge in [-0.05, 0) is 12.1 Å². The van der Waals surface area contributed by atoms with Crippen molar-refractivity contribution < 1.29 is 70.8 Å². The molecule has 4 rings (SSSR count). The molecular weight excluding hydrogens is 622 g/mol. The summed E-state index contributed by atoms with van der Waals surface area (Å²) >= 11 is 0. The van der Waals surface area contributed by atoms with Gasteiger partial charge in [0.05, 0.1) is 20.8 Å². The Morgan fingerprint density at radius 2 is 0.558 bits per heavy atom. The minimum Gasteiger partial charge on any atom is -0.307 e. The number of nitrogens with one attached hydrogen (secondary N) is 1. The van der Waals surface area contributed by atoms with E-state index in [1.165, 1.54) is 10.6 Å². The van der Waals surface area contributed by atoms with Gasteiger partial charge >= 0.3 is 0 Å². The summed E-state index contributed by atoms with van der Waals surface area (Å²) in [6.45, 7) is -5.16. The average molecular weight is 635 g/mol. The first-order valence-electron chi connectivity index (χ1n) is 11.6. The zero-order valence-electron chi connectivity index (χ0n) is 21.3. The van der Waals surface area contributed by atoms with Gasteiger partial charge in [0, 0.05) is 0 Å². The molecule has 0 aromatic heterocycles. The molecule has 1 nitrogen and oxygen atoms in total. The molecule has 0 aliphatic rings. The van der Waals surface area contributed by atoms with Crippen LogP contribution < -0.4 is 21.3 Å². The summed E-state index contributed by atoms with van der Waals surface area (Å²) in [5, 5.41) is 0. The topological polar surface area (TPSA) is 4.44 Å². The number of rotatable bonds is 4. The van der Waals surface area contributed by atoms with E-state index >= 15 is 0 Å². The predicted molar refractivity (Wildman–Crippen MR) is 124 cm³/mol. The molecule has 0 heterocycles. The molecule has 0 saturated heterocycles. The van der Waals surface area contributed by atoms with Gasteiger partial charge in [-0.25, -0.2) is 65.9 Å². The van der Waals surface area contributed by atoms with Crippen molar-refractivity contribution in [2.75, 3.05) is 14.1 Å². The van der Waals surface area contributed by atoms with Crippen LogP contribution in [0.25, 0.3) is 0 Å². The van der Waals surface area contributed by atoms with Crippen molar-refractivity contribution in [3.8, 4) is 0 Å². The third-order valence-corrected chi connectivity index (χ3v) is 6.31. The number of hydrogen-bond acceptors (Lipinski definition) is 0. The summed E-state index contributed by atoms with van der Waals surface area (Å²) < 4.78 is 209. The number of benzene rings is 4. The lowest BCUT2D eigenvalue weighted by atomic mass is 9.36. The van der Waals surface area contributed by atoms with E-state index in [4.69, 9.17) is 0 Å². The monoisotopic (exact) mass is 635 g/mol. The maximum atomic E-state index is 14.4. The van der Waals surface area contributed by atoms with E-state index in [2.05, 4.69) is 38.4 Å². The molecule has 0 spiro atoms. The van der Waals surface area contributed by atoms with E-state index in [1.54, 1.807) is 0 Å². The molecule has 230 valence electrons. The molecule has 0 saturated carbocycles. The van der Waals surface area contributed by atoms with Gasteiger partial charge in [0.1, 0.15) is 40.6 Å². The lowest BCUT2D eigenvalue weighted by Crippen LogP contribution is -3.00. The van der Waals surface area contributed by atoms with E-state index < -0.39 is 110 Å². The SMILES string of the molecule is C[NH+](C)c1ccccc1.Fc1c(F)c(F)c([BH-](c2c(F)c(F)c(F)c(F)c2F)c2c(F)c(F)c(F)c(F)c2F)c(F)c1F. The Balaban J connectivity index is 0.000000480. The molecule has 0 bridgehead atoms. The Morgan fingerprint density at radius 1 is 0.349 bits per heavy atom. The van der Waals surface area contributed by atoms with E-state index in [1.807, 2.05) is 6.07 Å². The molecule has 1 N–H and O–H groups in total. The van der Waals surface area contributed by atoms with Crippen molar-refractivity contribution in [1.29, 1.82) is 0 Å². The minimum atomic E-state index is -5.16. The summed E-state index contributed by atoms with van der Waals surface area (Å²) in [6, 6.07) is 10.4. The van der Waals surface area contributed by atoms with Crippen LogP contribution in [-0.4, -0.2) is 20.8 Å². The van der Waals surface area contributed by atoms with Gasteiger partial charge < -0.3 is 4.90 Å². The van der Waals surface area contributed by atoms with Crippen LogP contribution in [0.1, 0.15) is 0 Å². The fraction of sp³-hybridized carbons (Fsp3) is 0.0769. The molecule has 0 aliphatic carbocycles. The molecule has 4 aromatic rings. The molecule has 0 amide bonds. The van der Waals surface area contributed by atoms with Gasteiger partial charge in [-0.15, -0.1) is 16.4 Å². The van der Waals surface area contributed by atoms with Crippen LogP contribution in [0.5, 0.6) is 0 Å². The maximum Gasteiger partial charge on any atom is 0.200 e. The maximum absolute atomic E-state index is 14.4. The van der Waals surface area contributed by atoms with Crippen LogP contribution in [0.15, 0.2) is 30.3 Å². The summed E-state index contributed by atoms with van der Waals surface area (Å²) in [7, 11) is 4.24. The van der Waals surface area contributed by atoms with E-state index in [0.717, 1.165) is 0 Å². The quantitative estimate of drug-likeness (QED) is 0.146.